The van der Waals surface area contributed by atoms with Gasteiger partial charge in [-0.1, -0.05) is 0 Å². The zero-order chi connectivity index (χ0) is 15.7. The number of quaternary nitrogens is 1. The Morgan fingerprint density at radius 2 is 1.82 bits per heavy atom. The molecule has 2 aliphatic heterocycles. The summed E-state index contributed by atoms with van der Waals surface area (Å²) in [6.07, 6.45) is 1.36. The summed E-state index contributed by atoms with van der Waals surface area (Å²) in [4.78, 5) is 27.3. The molecule has 1 aromatic carbocycles. The Bertz CT molecular complexity index is 564. The van der Waals surface area contributed by atoms with E-state index >= 15 is 0 Å². The first kappa shape index (κ1) is 15.0. The molecule has 6 heteroatoms. The van der Waals surface area contributed by atoms with Crippen LogP contribution in [0, 0.1) is 0 Å². The SMILES string of the molecule is COc1ccc(N2C(=O)C[C@H]([NH+]3CCC(O)CC3)C2=O)cc1. The molecule has 1 aromatic rings. The van der Waals surface area contributed by atoms with Crippen LogP contribution >= 0.6 is 0 Å². The fourth-order valence-electron chi connectivity index (χ4n) is 3.28. The Morgan fingerprint density at radius 3 is 2.41 bits per heavy atom. The summed E-state index contributed by atoms with van der Waals surface area (Å²) >= 11 is 0. The number of carbonyl (C=O) groups is 2. The molecule has 2 amide bonds. The van der Waals surface area contributed by atoms with Crippen LogP contribution in [0.3, 0.4) is 0 Å². The van der Waals surface area contributed by atoms with Crippen molar-refractivity contribution in [2.24, 2.45) is 0 Å². The van der Waals surface area contributed by atoms with Crippen molar-refractivity contribution in [2.45, 2.75) is 31.4 Å². The van der Waals surface area contributed by atoms with E-state index in [1.807, 2.05) is 0 Å². The van der Waals surface area contributed by atoms with Gasteiger partial charge in [0.15, 0.2) is 6.04 Å². The first-order valence-corrected chi connectivity index (χ1v) is 7.63. The highest BCUT2D eigenvalue weighted by atomic mass is 16.5. The van der Waals surface area contributed by atoms with Gasteiger partial charge in [-0.3, -0.25) is 9.59 Å². The molecule has 2 saturated heterocycles. The molecule has 0 spiro atoms. The third-order valence-electron chi connectivity index (χ3n) is 4.57. The monoisotopic (exact) mass is 305 g/mol. The standard InChI is InChI=1S/C16H20N2O4/c1-22-13-4-2-11(3-5-13)18-15(20)10-14(16(18)21)17-8-6-12(19)7-9-17/h2-5,12,14,19H,6-10H2,1H3/p+1/t14-/m0/s1. The summed E-state index contributed by atoms with van der Waals surface area (Å²) in [5, 5.41) is 9.58. The number of ether oxygens (including phenoxy) is 1. The van der Waals surface area contributed by atoms with E-state index in [9.17, 15) is 14.7 Å². The highest BCUT2D eigenvalue weighted by molar-refractivity contribution is 6.21. The van der Waals surface area contributed by atoms with Crippen LogP contribution in [0.4, 0.5) is 5.69 Å². The highest BCUT2D eigenvalue weighted by Gasteiger charge is 2.46. The number of carbonyl (C=O) groups excluding carboxylic acids is 2. The van der Waals surface area contributed by atoms with Gasteiger partial charge in [0.05, 0.1) is 38.4 Å². The smallest absolute Gasteiger partial charge is 0.292 e. The van der Waals surface area contributed by atoms with E-state index in [2.05, 4.69) is 0 Å². The molecule has 2 aliphatic rings. The van der Waals surface area contributed by atoms with Crippen LogP contribution in [0.2, 0.25) is 0 Å². The third kappa shape index (κ3) is 2.71. The molecule has 0 saturated carbocycles. The first-order valence-electron chi connectivity index (χ1n) is 7.63. The second-order valence-electron chi connectivity index (χ2n) is 5.91. The van der Waals surface area contributed by atoms with Crippen molar-refractivity contribution in [3.8, 4) is 5.75 Å². The zero-order valence-electron chi connectivity index (χ0n) is 12.6. The van der Waals surface area contributed by atoms with E-state index in [4.69, 9.17) is 4.74 Å². The Balaban J connectivity index is 1.76. The van der Waals surface area contributed by atoms with Gasteiger partial charge in [-0.15, -0.1) is 0 Å². The van der Waals surface area contributed by atoms with Crippen molar-refractivity contribution in [1.29, 1.82) is 0 Å². The number of methoxy groups -OCH3 is 1. The van der Waals surface area contributed by atoms with E-state index in [-0.39, 0.29) is 30.4 Å². The molecule has 2 fully saturated rings. The van der Waals surface area contributed by atoms with Crippen molar-refractivity contribution < 1.29 is 24.3 Å². The van der Waals surface area contributed by atoms with E-state index in [1.165, 1.54) is 4.90 Å². The number of rotatable bonds is 3. The number of hydrogen-bond donors (Lipinski definition) is 2. The van der Waals surface area contributed by atoms with Gasteiger partial charge in [0, 0.05) is 12.8 Å². The number of aliphatic hydroxyl groups excluding tert-OH is 1. The number of likely N-dealkylation sites (tertiary alicyclic amines) is 1. The molecule has 0 aromatic heterocycles. The van der Waals surface area contributed by atoms with Crippen molar-refractivity contribution in [1.82, 2.24) is 0 Å². The predicted octanol–water partition coefficient (Wildman–Crippen LogP) is -0.633. The molecule has 6 nitrogen and oxygen atoms in total. The maximum Gasteiger partial charge on any atom is 0.292 e. The van der Waals surface area contributed by atoms with Gasteiger partial charge in [0.1, 0.15) is 5.75 Å². The topological polar surface area (TPSA) is 71.3 Å². The van der Waals surface area contributed by atoms with Crippen LogP contribution in [-0.4, -0.2) is 49.3 Å². The Labute approximate surface area is 129 Å². The average Bonchev–Trinajstić information content (AvgIpc) is 2.83. The molecule has 0 aliphatic carbocycles. The largest absolute Gasteiger partial charge is 0.497 e. The molecule has 2 heterocycles. The molecule has 2 N–H and O–H groups in total. The average molecular weight is 305 g/mol. The molecule has 0 unspecified atom stereocenters. The Hall–Kier alpha value is -1.92. The second kappa shape index (κ2) is 6.06. The number of aliphatic hydroxyl groups is 1. The number of amides is 2. The molecular weight excluding hydrogens is 284 g/mol. The first-order chi connectivity index (χ1) is 10.6. The predicted molar refractivity (Wildman–Crippen MR) is 79.8 cm³/mol. The van der Waals surface area contributed by atoms with Gasteiger partial charge >= 0.3 is 0 Å². The molecule has 1 atom stereocenters. The number of hydrogen-bond acceptors (Lipinski definition) is 4. The molecule has 118 valence electrons. The summed E-state index contributed by atoms with van der Waals surface area (Å²) in [5.74, 6) is 0.399. The van der Waals surface area contributed by atoms with Crippen molar-refractivity contribution in [3.05, 3.63) is 24.3 Å². The van der Waals surface area contributed by atoms with Crippen LogP contribution in [0.5, 0.6) is 5.75 Å². The lowest BCUT2D eigenvalue weighted by Gasteiger charge is -2.29. The summed E-state index contributed by atoms with van der Waals surface area (Å²) in [6.45, 7) is 1.47. The highest BCUT2D eigenvalue weighted by Crippen LogP contribution is 2.24. The number of piperidine rings is 1. The maximum absolute atomic E-state index is 12.6. The fraction of sp³-hybridized carbons (Fsp3) is 0.500. The van der Waals surface area contributed by atoms with Crippen molar-refractivity contribution in [2.75, 3.05) is 25.1 Å². The van der Waals surface area contributed by atoms with Gasteiger partial charge in [-0.2, -0.15) is 0 Å². The van der Waals surface area contributed by atoms with E-state index in [0.717, 1.165) is 18.0 Å². The lowest BCUT2D eigenvalue weighted by atomic mass is 10.1. The fourth-order valence-corrected chi connectivity index (χ4v) is 3.28. The van der Waals surface area contributed by atoms with Gasteiger partial charge in [0.2, 0.25) is 5.91 Å². The Morgan fingerprint density at radius 1 is 1.18 bits per heavy atom. The van der Waals surface area contributed by atoms with Gasteiger partial charge in [0.25, 0.3) is 5.91 Å². The van der Waals surface area contributed by atoms with Crippen LogP contribution in [-0.2, 0) is 9.59 Å². The number of imide groups is 1. The van der Waals surface area contributed by atoms with E-state index in [0.29, 0.717) is 24.3 Å². The van der Waals surface area contributed by atoms with Crippen molar-refractivity contribution in [3.63, 3.8) is 0 Å². The van der Waals surface area contributed by atoms with E-state index < -0.39 is 0 Å². The number of nitrogens with zero attached hydrogens (tertiary/aromatic N) is 1. The van der Waals surface area contributed by atoms with Crippen LogP contribution in [0.25, 0.3) is 0 Å². The van der Waals surface area contributed by atoms with E-state index in [1.54, 1.807) is 31.4 Å². The molecule has 3 rings (SSSR count). The summed E-state index contributed by atoms with van der Waals surface area (Å²) in [7, 11) is 1.57. The lowest BCUT2D eigenvalue weighted by Crippen LogP contribution is -3.17. The summed E-state index contributed by atoms with van der Waals surface area (Å²) < 4.78 is 5.10. The summed E-state index contributed by atoms with van der Waals surface area (Å²) in [6, 6.07) is 6.63. The molecule has 0 bridgehead atoms. The minimum absolute atomic E-state index is 0.137. The summed E-state index contributed by atoms with van der Waals surface area (Å²) in [5.41, 5.74) is 0.592. The Kier molecular flexibility index (Phi) is 4.13. The number of benzene rings is 1. The van der Waals surface area contributed by atoms with Crippen LogP contribution in [0.1, 0.15) is 19.3 Å². The minimum Gasteiger partial charge on any atom is -0.497 e. The van der Waals surface area contributed by atoms with Crippen LogP contribution in [0.15, 0.2) is 24.3 Å². The molecule has 0 radical (unpaired) electrons. The molecule has 22 heavy (non-hydrogen) atoms. The normalized spacial score (nSPS) is 29.0. The van der Waals surface area contributed by atoms with Crippen molar-refractivity contribution >= 4 is 17.5 Å². The second-order valence-corrected chi connectivity index (χ2v) is 5.91. The molecular formula is C16H21N2O4+. The third-order valence-corrected chi connectivity index (χ3v) is 4.57. The van der Waals surface area contributed by atoms with Gasteiger partial charge in [-0.25, -0.2) is 4.90 Å². The van der Waals surface area contributed by atoms with Crippen LogP contribution < -0.4 is 14.5 Å². The van der Waals surface area contributed by atoms with Gasteiger partial charge in [-0.05, 0) is 24.3 Å². The maximum atomic E-state index is 12.6. The quantitative estimate of drug-likeness (QED) is 0.729. The number of nitrogens with one attached hydrogen (secondary N) is 1. The lowest BCUT2D eigenvalue weighted by molar-refractivity contribution is -0.920. The van der Waals surface area contributed by atoms with Gasteiger partial charge < -0.3 is 14.7 Å². The number of anilines is 1. The zero-order valence-corrected chi connectivity index (χ0v) is 12.6. The minimum atomic E-state index is -0.317.